The lowest BCUT2D eigenvalue weighted by molar-refractivity contribution is 1.03. The van der Waals surface area contributed by atoms with Crippen molar-refractivity contribution in [3.8, 4) is 0 Å². The van der Waals surface area contributed by atoms with Crippen LogP contribution in [0.5, 0.6) is 0 Å². The van der Waals surface area contributed by atoms with Gasteiger partial charge in [-0.1, -0.05) is 6.08 Å². The third kappa shape index (κ3) is 2.22. The highest BCUT2D eigenvalue weighted by atomic mass is 15.1. The topological polar surface area (TPSA) is 63.6 Å². The van der Waals surface area contributed by atoms with Gasteiger partial charge in [0.1, 0.15) is 5.52 Å². The van der Waals surface area contributed by atoms with E-state index in [4.69, 9.17) is 0 Å². The lowest BCUT2D eigenvalue weighted by Crippen LogP contribution is -2.06. The second-order valence-corrected chi connectivity index (χ2v) is 3.87. The van der Waals surface area contributed by atoms with Gasteiger partial charge < -0.3 is 5.32 Å². The molecule has 1 N–H and O–H groups in total. The van der Waals surface area contributed by atoms with Gasteiger partial charge in [-0.15, -0.1) is 6.58 Å². The van der Waals surface area contributed by atoms with Crippen LogP contribution in [0.2, 0.25) is 0 Å². The third-order valence-electron chi connectivity index (χ3n) is 2.52. The van der Waals surface area contributed by atoms with E-state index in [9.17, 15) is 0 Å². The molecule has 0 saturated heterocycles. The average Bonchev–Trinajstić information content (AvgIpc) is 2.29. The van der Waals surface area contributed by atoms with Gasteiger partial charge >= 0.3 is 0 Å². The third-order valence-corrected chi connectivity index (χ3v) is 2.52. The number of hydrogen-bond donors (Lipinski definition) is 1. The van der Waals surface area contributed by atoms with Crippen LogP contribution in [-0.2, 0) is 0 Å². The molecule has 2 aromatic rings. The SMILES string of the molecule is C=CCNc1nc(C)c2nc(C)c(C)nc2n1. The molecule has 0 fully saturated rings. The Bertz CT molecular complexity index is 577. The maximum absolute atomic E-state index is 4.46. The van der Waals surface area contributed by atoms with Crippen molar-refractivity contribution in [2.24, 2.45) is 0 Å². The van der Waals surface area contributed by atoms with Gasteiger partial charge in [0.15, 0.2) is 5.65 Å². The molecule has 0 unspecified atom stereocenters. The minimum atomic E-state index is 0.562. The van der Waals surface area contributed by atoms with Crippen molar-refractivity contribution in [2.75, 3.05) is 11.9 Å². The standard InChI is InChI=1S/C12H15N5/c1-5-6-13-12-16-9(4)10-11(17-12)15-8(3)7(2)14-10/h5H,1,6H2,2-4H3,(H,13,15,16,17). The smallest absolute Gasteiger partial charge is 0.225 e. The summed E-state index contributed by atoms with van der Waals surface area (Å²) in [6.45, 7) is 10.0. The summed E-state index contributed by atoms with van der Waals surface area (Å²) in [5.41, 5.74) is 4.03. The Balaban J connectivity index is 2.56. The van der Waals surface area contributed by atoms with Crippen molar-refractivity contribution in [1.82, 2.24) is 19.9 Å². The first-order valence-corrected chi connectivity index (χ1v) is 5.46. The molecule has 2 heterocycles. The van der Waals surface area contributed by atoms with E-state index in [0.29, 0.717) is 18.1 Å². The number of aryl methyl sites for hydroxylation is 3. The number of hydrogen-bond acceptors (Lipinski definition) is 5. The van der Waals surface area contributed by atoms with E-state index in [1.807, 2.05) is 20.8 Å². The van der Waals surface area contributed by atoms with Crippen LogP contribution in [-0.4, -0.2) is 26.5 Å². The van der Waals surface area contributed by atoms with Crippen LogP contribution in [0.15, 0.2) is 12.7 Å². The second-order valence-electron chi connectivity index (χ2n) is 3.87. The average molecular weight is 229 g/mol. The zero-order valence-corrected chi connectivity index (χ0v) is 10.3. The van der Waals surface area contributed by atoms with Gasteiger partial charge in [0.2, 0.25) is 5.95 Å². The molecule has 0 aliphatic carbocycles. The van der Waals surface area contributed by atoms with Gasteiger partial charge in [-0.2, -0.15) is 4.98 Å². The number of fused-ring (bicyclic) bond motifs is 1. The molecule has 0 amide bonds. The van der Waals surface area contributed by atoms with Crippen LogP contribution >= 0.6 is 0 Å². The van der Waals surface area contributed by atoms with E-state index in [2.05, 4.69) is 31.8 Å². The quantitative estimate of drug-likeness (QED) is 0.815. The molecule has 0 aliphatic heterocycles. The highest BCUT2D eigenvalue weighted by molar-refractivity contribution is 5.73. The summed E-state index contributed by atoms with van der Waals surface area (Å²) in [5, 5.41) is 3.05. The van der Waals surface area contributed by atoms with Crippen molar-refractivity contribution in [2.45, 2.75) is 20.8 Å². The highest BCUT2D eigenvalue weighted by Gasteiger charge is 2.08. The van der Waals surface area contributed by atoms with Crippen LogP contribution in [0.25, 0.3) is 11.2 Å². The van der Waals surface area contributed by atoms with Crippen LogP contribution in [0.3, 0.4) is 0 Å². The Morgan fingerprint density at radius 2 is 1.71 bits per heavy atom. The molecule has 0 aliphatic rings. The molecule has 2 rings (SSSR count). The largest absolute Gasteiger partial charge is 0.351 e. The maximum atomic E-state index is 4.46. The monoisotopic (exact) mass is 229 g/mol. The fraction of sp³-hybridized carbons (Fsp3) is 0.333. The predicted molar refractivity (Wildman–Crippen MR) is 68.0 cm³/mol. The van der Waals surface area contributed by atoms with Gasteiger partial charge in [-0.25, -0.2) is 15.0 Å². The van der Waals surface area contributed by atoms with E-state index in [1.165, 1.54) is 0 Å². The van der Waals surface area contributed by atoms with E-state index < -0.39 is 0 Å². The first-order chi connectivity index (χ1) is 8.11. The number of aromatic nitrogens is 4. The van der Waals surface area contributed by atoms with Gasteiger partial charge in [0.25, 0.3) is 0 Å². The molecule has 0 atom stereocenters. The van der Waals surface area contributed by atoms with Gasteiger partial charge in [-0.05, 0) is 20.8 Å². The van der Waals surface area contributed by atoms with Crippen molar-refractivity contribution in [1.29, 1.82) is 0 Å². The summed E-state index contributed by atoms with van der Waals surface area (Å²) in [6.07, 6.45) is 1.76. The first kappa shape index (κ1) is 11.4. The fourth-order valence-corrected chi connectivity index (χ4v) is 1.49. The van der Waals surface area contributed by atoms with Crippen LogP contribution in [0.4, 0.5) is 5.95 Å². The number of rotatable bonds is 3. The number of anilines is 1. The zero-order valence-electron chi connectivity index (χ0n) is 10.3. The van der Waals surface area contributed by atoms with Crippen LogP contribution in [0, 0.1) is 20.8 Å². The highest BCUT2D eigenvalue weighted by Crippen LogP contribution is 2.15. The maximum Gasteiger partial charge on any atom is 0.225 e. The Morgan fingerprint density at radius 1 is 1.00 bits per heavy atom. The summed E-state index contributed by atoms with van der Waals surface area (Å²) < 4.78 is 0. The van der Waals surface area contributed by atoms with Gasteiger partial charge in [0, 0.05) is 6.54 Å². The number of nitrogens with zero attached hydrogens (tertiary/aromatic N) is 4. The molecule has 0 saturated carbocycles. The van der Waals surface area contributed by atoms with Crippen LogP contribution < -0.4 is 5.32 Å². The van der Waals surface area contributed by atoms with Gasteiger partial charge in [0.05, 0.1) is 17.1 Å². The van der Waals surface area contributed by atoms with E-state index >= 15 is 0 Å². The molecular weight excluding hydrogens is 214 g/mol. The molecule has 88 valence electrons. The van der Waals surface area contributed by atoms with Crippen molar-refractivity contribution in [3.05, 3.63) is 29.7 Å². The minimum Gasteiger partial charge on any atom is -0.351 e. The molecule has 5 nitrogen and oxygen atoms in total. The van der Waals surface area contributed by atoms with E-state index in [1.54, 1.807) is 6.08 Å². The minimum absolute atomic E-state index is 0.562. The van der Waals surface area contributed by atoms with Crippen molar-refractivity contribution in [3.63, 3.8) is 0 Å². The molecular formula is C12H15N5. The lowest BCUT2D eigenvalue weighted by Gasteiger charge is -2.07. The van der Waals surface area contributed by atoms with Crippen LogP contribution in [0.1, 0.15) is 17.1 Å². The van der Waals surface area contributed by atoms with E-state index in [-0.39, 0.29) is 0 Å². The van der Waals surface area contributed by atoms with Gasteiger partial charge in [-0.3, -0.25) is 0 Å². The Labute approximate surface area is 100 Å². The Hall–Kier alpha value is -2.04. The molecule has 5 heteroatoms. The Morgan fingerprint density at radius 3 is 2.41 bits per heavy atom. The molecule has 0 bridgehead atoms. The first-order valence-electron chi connectivity index (χ1n) is 5.46. The summed E-state index contributed by atoms with van der Waals surface area (Å²) in [5.74, 6) is 0.562. The summed E-state index contributed by atoms with van der Waals surface area (Å²) in [4.78, 5) is 17.6. The summed E-state index contributed by atoms with van der Waals surface area (Å²) >= 11 is 0. The lowest BCUT2D eigenvalue weighted by atomic mass is 10.3. The summed E-state index contributed by atoms with van der Waals surface area (Å²) in [7, 11) is 0. The molecule has 0 aromatic carbocycles. The second kappa shape index (κ2) is 4.45. The molecule has 0 radical (unpaired) electrons. The molecule has 0 spiro atoms. The van der Waals surface area contributed by atoms with Crippen molar-refractivity contribution >= 4 is 17.1 Å². The molecule has 2 aromatic heterocycles. The molecule has 17 heavy (non-hydrogen) atoms. The summed E-state index contributed by atoms with van der Waals surface area (Å²) in [6, 6.07) is 0. The Kier molecular flexibility index (Phi) is 2.99. The number of nitrogens with one attached hydrogen (secondary N) is 1. The normalized spacial score (nSPS) is 10.5. The zero-order chi connectivity index (χ0) is 12.4. The van der Waals surface area contributed by atoms with E-state index in [0.717, 1.165) is 22.6 Å². The fourth-order valence-electron chi connectivity index (χ4n) is 1.49. The van der Waals surface area contributed by atoms with Crippen molar-refractivity contribution < 1.29 is 0 Å². The predicted octanol–water partition coefficient (Wildman–Crippen LogP) is 1.94.